The minimum Gasteiger partial charge on any atom is -0.374 e. The molecule has 0 saturated heterocycles. The highest BCUT2D eigenvalue weighted by molar-refractivity contribution is 5.70. The highest BCUT2D eigenvalue weighted by Crippen LogP contribution is 2.17. The first-order valence-corrected chi connectivity index (χ1v) is 5.55. The van der Waals surface area contributed by atoms with Gasteiger partial charge >= 0.3 is 5.69 Å². The first-order valence-electron chi connectivity index (χ1n) is 5.55. The molecule has 2 heterocycles. The van der Waals surface area contributed by atoms with Crippen LogP contribution in [-0.4, -0.2) is 25.8 Å². The van der Waals surface area contributed by atoms with Gasteiger partial charge < -0.3 is 9.30 Å². The number of aromatic nitrogens is 4. The third-order valence-corrected chi connectivity index (χ3v) is 3.23. The molecule has 0 bridgehead atoms. The van der Waals surface area contributed by atoms with Crippen molar-refractivity contribution in [1.82, 2.24) is 18.7 Å². The summed E-state index contributed by atoms with van der Waals surface area (Å²) >= 11 is 0. The number of imidazole rings is 1. The van der Waals surface area contributed by atoms with Gasteiger partial charge in [-0.1, -0.05) is 0 Å². The fourth-order valence-electron chi connectivity index (χ4n) is 2.00. The lowest BCUT2D eigenvalue weighted by atomic mass is 10.4. The van der Waals surface area contributed by atoms with Crippen molar-refractivity contribution in [3.63, 3.8) is 0 Å². The number of hydrogen-bond donors (Lipinski definition) is 0. The fraction of sp³-hybridized carbons (Fsp3) is 0.545. The van der Waals surface area contributed by atoms with Gasteiger partial charge in [-0.15, -0.1) is 0 Å². The van der Waals surface area contributed by atoms with Gasteiger partial charge in [0.25, 0.3) is 5.56 Å². The zero-order valence-corrected chi connectivity index (χ0v) is 11.1. The molecular formula is C11H16N4O3. The molecule has 0 fully saturated rings. The van der Waals surface area contributed by atoms with Crippen molar-refractivity contribution in [2.75, 3.05) is 7.11 Å². The topological polar surface area (TPSA) is 71.1 Å². The predicted molar refractivity (Wildman–Crippen MR) is 66.6 cm³/mol. The number of methoxy groups -OCH3 is 1. The van der Waals surface area contributed by atoms with Gasteiger partial charge in [0.05, 0.1) is 0 Å². The van der Waals surface area contributed by atoms with Gasteiger partial charge in [-0.05, 0) is 6.92 Å². The first kappa shape index (κ1) is 12.6. The summed E-state index contributed by atoms with van der Waals surface area (Å²) in [6, 6.07) is 0. The lowest BCUT2D eigenvalue weighted by Crippen LogP contribution is -2.37. The monoisotopic (exact) mass is 252 g/mol. The standard InChI is InChI=1S/C11H16N4O3/c1-6(18-5)8-12-9-7(13(8)2)10(16)15(4)11(17)14(9)3/h6H,1-5H3/t6-/m1/s1. The lowest BCUT2D eigenvalue weighted by Gasteiger charge is -2.08. The number of nitrogens with zero attached hydrogens (tertiary/aromatic N) is 4. The second-order valence-electron chi connectivity index (χ2n) is 4.28. The highest BCUT2D eigenvalue weighted by atomic mass is 16.5. The SMILES string of the molecule is CO[C@H](C)c1nc2c(c(=O)n(C)c(=O)n2C)n1C. The summed E-state index contributed by atoms with van der Waals surface area (Å²) < 4.78 is 9.32. The molecule has 1 atom stereocenters. The Morgan fingerprint density at radius 3 is 2.28 bits per heavy atom. The van der Waals surface area contributed by atoms with E-state index < -0.39 is 0 Å². The summed E-state index contributed by atoms with van der Waals surface area (Å²) in [7, 11) is 6.36. The van der Waals surface area contributed by atoms with Gasteiger partial charge in [-0.25, -0.2) is 9.78 Å². The molecule has 7 heteroatoms. The molecule has 2 aromatic rings. The summed E-state index contributed by atoms with van der Waals surface area (Å²) in [5, 5.41) is 0. The molecule has 0 saturated carbocycles. The van der Waals surface area contributed by atoms with Gasteiger partial charge in [0.15, 0.2) is 11.2 Å². The van der Waals surface area contributed by atoms with Crippen molar-refractivity contribution in [3.05, 3.63) is 26.7 Å². The Morgan fingerprint density at radius 1 is 1.11 bits per heavy atom. The Balaban J connectivity index is 2.98. The minimum atomic E-state index is -0.387. The van der Waals surface area contributed by atoms with Gasteiger partial charge in [0.1, 0.15) is 11.9 Å². The van der Waals surface area contributed by atoms with E-state index in [1.807, 2.05) is 6.92 Å². The van der Waals surface area contributed by atoms with E-state index in [-0.39, 0.29) is 17.4 Å². The first-order chi connectivity index (χ1) is 8.40. The van der Waals surface area contributed by atoms with Crippen LogP contribution < -0.4 is 11.2 Å². The van der Waals surface area contributed by atoms with Crippen LogP contribution in [0.5, 0.6) is 0 Å². The molecule has 0 aliphatic heterocycles. The molecule has 0 aliphatic carbocycles. The quantitative estimate of drug-likeness (QED) is 0.734. The largest absolute Gasteiger partial charge is 0.374 e. The maximum Gasteiger partial charge on any atom is 0.332 e. The molecule has 0 N–H and O–H groups in total. The molecule has 0 unspecified atom stereocenters. The zero-order chi connectivity index (χ0) is 13.6. The molecule has 0 aliphatic rings. The number of rotatable bonds is 2. The van der Waals surface area contributed by atoms with Crippen molar-refractivity contribution < 1.29 is 4.74 Å². The molecule has 98 valence electrons. The summed E-state index contributed by atoms with van der Waals surface area (Å²) in [5.74, 6) is 0.616. The molecule has 0 spiro atoms. The van der Waals surface area contributed by atoms with Crippen LogP contribution in [0, 0.1) is 0 Å². The Kier molecular flexibility index (Phi) is 2.86. The zero-order valence-electron chi connectivity index (χ0n) is 11.1. The van der Waals surface area contributed by atoms with Crippen molar-refractivity contribution in [1.29, 1.82) is 0 Å². The highest BCUT2D eigenvalue weighted by Gasteiger charge is 2.19. The van der Waals surface area contributed by atoms with Crippen LogP contribution in [0.4, 0.5) is 0 Å². The predicted octanol–water partition coefficient (Wildman–Crippen LogP) is -0.322. The van der Waals surface area contributed by atoms with Gasteiger partial charge in [-0.2, -0.15) is 0 Å². The second kappa shape index (κ2) is 4.09. The number of hydrogen-bond acceptors (Lipinski definition) is 4. The molecule has 2 aromatic heterocycles. The van der Waals surface area contributed by atoms with Crippen LogP contribution in [0.15, 0.2) is 9.59 Å². The third-order valence-electron chi connectivity index (χ3n) is 3.23. The number of fused-ring (bicyclic) bond motifs is 1. The Bertz CT molecular complexity index is 722. The fourth-order valence-corrected chi connectivity index (χ4v) is 2.00. The van der Waals surface area contributed by atoms with Gasteiger partial charge in [0, 0.05) is 28.3 Å². The van der Waals surface area contributed by atoms with E-state index in [4.69, 9.17) is 4.74 Å². The van der Waals surface area contributed by atoms with E-state index >= 15 is 0 Å². The van der Waals surface area contributed by atoms with Crippen molar-refractivity contribution in [2.45, 2.75) is 13.0 Å². The molecule has 18 heavy (non-hydrogen) atoms. The number of aryl methyl sites for hydroxylation is 2. The second-order valence-corrected chi connectivity index (χ2v) is 4.28. The normalized spacial score (nSPS) is 13.2. The number of ether oxygens (including phenoxy) is 1. The Hall–Kier alpha value is -1.89. The minimum absolute atomic E-state index is 0.248. The van der Waals surface area contributed by atoms with Crippen LogP contribution in [0.1, 0.15) is 18.9 Å². The molecule has 0 aromatic carbocycles. The van der Waals surface area contributed by atoms with Crippen LogP contribution in [0.25, 0.3) is 11.2 Å². The van der Waals surface area contributed by atoms with Gasteiger partial charge in [0.2, 0.25) is 0 Å². The van der Waals surface area contributed by atoms with Crippen molar-refractivity contribution in [3.8, 4) is 0 Å². The maximum absolute atomic E-state index is 12.1. The van der Waals surface area contributed by atoms with E-state index in [0.29, 0.717) is 17.0 Å². The summed E-state index contributed by atoms with van der Waals surface area (Å²) in [4.78, 5) is 28.2. The molecular weight excluding hydrogens is 236 g/mol. The van der Waals surface area contributed by atoms with Crippen LogP contribution in [0.2, 0.25) is 0 Å². The average Bonchev–Trinajstić information content (AvgIpc) is 2.71. The van der Waals surface area contributed by atoms with E-state index in [9.17, 15) is 9.59 Å². The molecule has 0 radical (unpaired) electrons. The molecule has 0 amide bonds. The smallest absolute Gasteiger partial charge is 0.332 e. The Labute approximate surface area is 103 Å². The van der Waals surface area contributed by atoms with Gasteiger partial charge in [-0.3, -0.25) is 13.9 Å². The van der Waals surface area contributed by atoms with Crippen molar-refractivity contribution in [2.24, 2.45) is 21.1 Å². The van der Waals surface area contributed by atoms with Crippen LogP contribution in [-0.2, 0) is 25.9 Å². The Morgan fingerprint density at radius 2 is 1.72 bits per heavy atom. The summed E-state index contributed by atoms with van der Waals surface area (Å²) in [5.41, 5.74) is 0.0443. The third kappa shape index (κ3) is 1.51. The molecule has 7 nitrogen and oxygen atoms in total. The van der Waals surface area contributed by atoms with E-state index in [2.05, 4.69) is 4.98 Å². The van der Waals surface area contributed by atoms with E-state index in [1.165, 1.54) is 11.6 Å². The summed E-state index contributed by atoms with van der Waals surface area (Å²) in [6.07, 6.45) is -0.248. The van der Waals surface area contributed by atoms with Crippen LogP contribution >= 0.6 is 0 Å². The maximum atomic E-state index is 12.1. The van der Waals surface area contributed by atoms with Crippen molar-refractivity contribution >= 4 is 11.2 Å². The van der Waals surface area contributed by atoms with E-state index in [0.717, 1.165) is 4.57 Å². The molecule has 2 rings (SSSR count). The lowest BCUT2D eigenvalue weighted by molar-refractivity contribution is 0.110. The summed E-state index contributed by atoms with van der Waals surface area (Å²) in [6.45, 7) is 1.84. The van der Waals surface area contributed by atoms with E-state index in [1.54, 1.807) is 25.8 Å². The average molecular weight is 252 g/mol. The van der Waals surface area contributed by atoms with Crippen LogP contribution in [0.3, 0.4) is 0 Å².